The van der Waals surface area contributed by atoms with E-state index in [1.54, 1.807) is 15.5 Å². The Labute approximate surface area is 131 Å². The number of carbonyl (C=O) groups excluding carboxylic acids is 1. The molecule has 0 aliphatic carbocycles. The molecule has 114 valence electrons. The number of nitrogens with zero attached hydrogens (tertiary/aromatic N) is 3. The normalized spacial score (nSPS) is 11.0. The molecule has 0 saturated carbocycles. The number of benzene rings is 1. The molecule has 0 aliphatic heterocycles. The van der Waals surface area contributed by atoms with Gasteiger partial charge in [-0.1, -0.05) is 0 Å². The summed E-state index contributed by atoms with van der Waals surface area (Å²) in [5, 5.41) is 0. The molecule has 2 rings (SSSR count). The number of imidazole rings is 1. The van der Waals surface area contributed by atoms with E-state index in [1.165, 1.54) is 6.07 Å². The highest BCUT2D eigenvalue weighted by atomic mass is 79.9. The number of aromatic nitrogens is 2. The maximum Gasteiger partial charge on any atom is 0.224 e. The SMILES string of the molecule is CCN(CC)C(=O)CCn1c(N)nc2cc(Br)c(F)cc21. The molecule has 0 spiro atoms. The lowest BCUT2D eigenvalue weighted by molar-refractivity contribution is -0.131. The molecule has 21 heavy (non-hydrogen) atoms. The highest BCUT2D eigenvalue weighted by Gasteiger charge is 2.14. The Balaban J connectivity index is 2.24. The van der Waals surface area contributed by atoms with E-state index in [2.05, 4.69) is 20.9 Å². The summed E-state index contributed by atoms with van der Waals surface area (Å²) in [5.74, 6) is -0.0348. The molecule has 1 amide bonds. The number of nitrogens with two attached hydrogens (primary N) is 1. The molecule has 1 aromatic carbocycles. The molecule has 0 bridgehead atoms. The number of halogens is 2. The zero-order chi connectivity index (χ0) is 15.6. The lowest BCUT2D eigenvalue weighted by Gasteiger charge is -2.18. The Bertz CT molecular complexity index is 667. The standard InChI is InChI=1S/C14H18BrFN4O/c1-3-19(4-2)13(21)5-6-20-12-8-10(16)9(15)7-11(12)18-14(20)17/h7-8H,3-6H2,1-2H3,(H2,17,18). The summed E-state index contributed by atoms with van der Waals surface area (Å²) in [6.07, 6.45) is 0.315. The van der Waals surface area contributed by atoms with Crippen LogP contribution in [0.5, 0.6) is 0 Å². The molecule has 2 N–H and O–H groups in total. The quantitative estimate of drug-likeness (QED) is 0.895. The van der Waals surface area contributed by atoms with Crippen LogP contribution in [0.2, 0.25) is 0 Å². The van der Waals surface area contributed by atoms with Crippen LogP contribution in [-0.2, 0) is 11.3 Å². The van der Waals surface area contributed by atoms with Crippen molar-refractivity contribution in [1.82, 2.24) is 14.5 Å². The molecule has 5 nitrogen and oxygen atoms in total. The van der Waals surface area contributed by atoms with Crippen molar-refractivity contribution in [2.24, 2.45) is 0 Å². The van der Waals surface area contributed by atoms with Crippen molar-refractivity contribution in [3.8, 4) is 0 Å². The van der Waals surface area contributed by atoms with Crippen LogP contribution >= 0.6 is 15.9 Å². The lowest BCUT2D eigenvalue weighted by Crippen LogP contribution is -2.31. The second-order valence-corrected chi connectivity index (χ2v) is 5.55. The van der Waals surface area contributed by atoms with Crippen LogP contribution in [0.1, 0.15) is 20.3 Å². The van der Waals surface area contributed by atoms with Crippen molar-refractivity contribution in [3.63, 3.8) is 0 Å². The van der Waals surface area contributed by atoms with Crippen LogP contribution in [0.25, 0.3) is 11.0 Å². The predicted octanol–water partition coefficient (Wildman–Crippen LogP) is 2.78. The van der Waals surface area contributed by atoms with E-state index in [1.807, 2.05) is 13.8 Å². The Kier molecular flexibility index (Phi) is 4.82. The van der Waals surface area contributed by atoms with Crippen molar-refractivity contribution in [2.75, 3.05) is 18.8 Å². The van der Waals surface area contributed by atoms with Crippen LogP contribution in [0.3, 0.4) is 0 Å². The van der Waals surface area contributed by atoms with Gasteiger partial charge in [-0.15, -0.1) is 0 Å². The first kappa shape index (κ1) is 15.8. The first-order valence-corrected chi connectivity index (χ1v) is 7.65. The molecular formula is C14H18BrFN4O. The van der Waals surface area contributed by atoms with Gasteiger partial charge in [-0.25, -0.2) is 9.37 Å². The van der Waals surface area contributed by atoms with Crippen LogP contribution in [-0.4, -0.2) is 33.4 Å². The van der Waals surface area contributed by atoms with E-state index in [4.69, 9.17) is 5.73 Å². The highest BCUT2D eigenvalue weighted by molar-refractivity contribution is 9.10. The number of hydrogen-bond donors (Lipinski definition) is 1. The summed E-state index contributed by atoms with van der Waals surface area (Å²) in [6, 6.07) is 2.97. The fraction of sp³-hybridized carbons (Fsp3) is 0.429. The highest BCUT2D eigenvalue weighted by Crippen LogP contribution is 2.25. The van der Waals surface area contributed by atoms with Crippen LogP contribution in [0.15, 0.2) is 16.6 Å². The summed E-state index contributed by atoms with van der Waals surface area (Å²) in [4.78, 5) is 18.0. The zero-order valence-corrected chi connectivity index (χ0v) is 13.7. The van der Waals surface area contributed by atoms with Gasteiger partial charge in [0.1, 0.15) is 5.82 Å². The third-order valence-electron chi connectivity index (χ3n) is 3.49. The lowest BCUT2D eigenvalue weighted by atomic mass is 10.3. The molecule has 0 fully saturated rings. The van der Waals surface area contributed by atoms with Crippen molar-refractivity contribution >= 4 is 38.8 Å². The van der Waals surface area contributed by atoms with Gasteiger partial charge in [0.05, 0.1) is 15.5 Å². The first-order chi connectivity index (χ1) is 9.97. The Morgan fingerprint density at radius 3 is 2.71 bits per heavy atom. The van der Waals surface area contributed by atoms with Crippen LogP contribution < -0.4 is 5.73 Å². The van der Waals surface area contributed by atoms with E-state index in [0.717, 1.165) is 0 Å². The Morgan fingerprint density at radius 2 is 2.10 bits per heavy atom. The molecule has 1 heterocycles. The smallest absolute Gasteiger partial charge is 0.224 e. The van der Waals surface area contributed by atoms with Gasteiger partial charge in [0.25, 0.3) is 0 Å². The summed E-state index contributed by atoms with van der Waals surface area (Å²) in [7, 11) is 0. The van der Waals surface area contributed by atoms with E-state index < -0.39 is 0 Å². The number of fused-ring (bicyclic) bond motifs is 1. The Morgan fingerprint density at radius 1 is 1.43 bits per heavy atom. The number of rotatable bonds is 5. The van der Waals surface area contributed by atoms with Crippen molar-refractivity contribution in [1.29, 1.82) is 0 Å². The third-order valence-corrected chi connectivity index (χ3v) is 4.09. The predicted molar refractivity (Wildman–Crippen MR) is 84.3 cm³/mol. The van der Waals surface area contributed by atoms with Crippen molar-refractivity contribution < 1.29 is 9.18 Å². The van der Waals surface area contributed by atoms with Gasteiger partial charge in [-0.3, -0.25) is 4.79 Å². The van der Waals surface area contributed by atoms with E-state index >= 15 is 0 Å². The Hall–Kier alpha value is -1.63. The average molecular weight is 357 g/mol. The molecule has 7 heteroatoms. The van der Waals surface area contributed by atoms with Crippen molar-refractivity contribution in [3.05, 3.63) is 22.4 Å². The van der Waals surface area contributed by atoms with E-state index in [0.29, 0.717) is 41.6 Å². The molecular weight excluding hydrogens is 339 g/mol. The van der Waals surface area contributed by atoms with Crippen LogP contribution in [0, 0.1) is 5.82 Å². The van der Waals surface area contributed by atoms with Crippen LogP contribution in [0.4, 0.5) is 10.3 Å². The molecule has 1 aromatic heterocycles. The van der Waals surface area contributed by atoms with E-state index in [9.17, 15) is 9.18 Å². The number of anilines is 1. The number of nitrogen functional groups attached to an aromatic ring is 1. The third kappa shape index (κ3) is 3.18. The molecule has 0 radical (unpaired) electrons. The number of hydrogen-bond acceptors (Lipinski definition) is 3. The van der Waals surface area contributed by atoms with Gasteiger partial charge in [-0.2, -0.15) is 0 Å². The van der Waals surface area contributed by atoms with Crippen molar-refractivity contribution in [2.45, 2.75) is 26.8 Å². The fourth-order valence-electron chi connectivity index (χ4n) is 2.32. The summed E-state index contributed by atoms with van der Waals surface area (Å²) in [6.45, 7) is 5.62. The number of carbonyl (C=O) groups is 1. The largest absolute Gasteiger partial charge is 0.369 e. The zero-order valence-electron chi connectivity index (χ0n) is 12.1. The van der Waals surface area contributed by atoms with E-state index in [-0.39, 0.29) is 17.7 Å². The number of amides is 1. The van der Waals surface area contributed by atoms with Gasteiger partial charge in [0, 0.05) is 32.1 Å². The molecule has 0 saturated heterocycles. The van der Waals surface area contributed by atoms with Gasteiger partial charge in [0.2, 0.25) is 11.9 Å². The minimum atomic E-state index is -0.376. The maximum absolute atomic E-state index is 13.7. The second kappa shape index (κ2) is 6.43. The van der Waals surface area contributed by atoms with Gasteiger partial charge < -0.3 is 15.2 Å². The van der Waals surface area contributed by atoms with Gasteiger partial charge >= 0.3 is 0 Å². The first-order valence-electron chi connectivity index (χ1n) is 6.86. The molecule has 0 unspecified atom stereocenters. The summed E-state index contributed by atoms with van der Waals surface area (Å²) >= 11 is 3.12. The van der Waals surface area contributed by atoms with Gasteiger partial charge in [0.15, 0.2) is 0 Å². The summed E-state index contributed by atoms with van der Waals surface area (Å²) in [5.41, 5.74) is 7.08. The average Bonchev–Trinajstić information content (AvgIpc) is 2.73. The molecule has 0 aliphatic rings. The minimum Gasteiger partial charge on any atom is -0.369 e. The summed E-state index contributed by atoms with van der Waals surface area (Å²) < 4.78 is 15.7. The van der Waals surface area contributed by atoms with Gasteiger partial charge in [-0.05, 0) is 35.8 Å². The molecule has 0 atom stereocenters. The topological polar surface area (TPSA) is 64.2 Å². The molecule has 2 aromatic rings. The maximum atomic E-state index is 13.7. The number of aryl methyl sites for hydroxylation is 1. The monoisotopic (exact) mass is 356 g/mol. The second-order valence-electron chi connectivity index (χ2n) is 4.69. The fourth-order valence-corrected chi connectivity index (χ4v) is 2.65. The minimum absolute atomic E-state index is 0.0545.